The van der Waals surface area contributed by atoms with Gasteiger partial charge in [0.2, 0.25) is 0 Å². The minimum absolute atomic E-state index is 0.482. The molecular weight excluding hydrogens is 158 g/mol. The third-order valence-corrected chi connectivity index (χ3v) is 2.44. The Labute approximate surface area is 81.0 Å². The summed E-state index contributed by atoms with van der Waals surface area (Å²) in [6, 6.07) is 8.82. The first-order chi connectivity index (χ1) is 6.27. The standard InChI is InChI=1S/C12H19N/c1-3-4-11-5-7-12(8-6-11)10(2)9-13/h5-8,10H,3-4,9,13H2,1-2H3. The van der Waals surface area contributed by atoms with Crippen molar-refractivity contribution in [1.29, 1.82) is 0 Å². The largest absolute Gasteiger partial charge is 0.330 e. The summed E-state index contributed by atoms with van der Waals surface area (Å²) in [4.78, 5) is 0. The zero-order valence-corrected chi connectivity index (χ0v) is 8.59. The van der Waals surface area contributed by atoms with Gasteiger partial charge >= 0.3 is 0 Å². The Morgan fingerprint density at radius 3 is 2.31 bits per heavy atom. The summed E-state index contributed by atoms with van der Waals surface area (Å²) in [7, 11) is 0. The van der Waals surface area contributed by atoms with E-state index in [2.05, 4.69) is 38.1 Å². The second-order valence-electron chi connectivity index (χ2n) is 3.63. The second-order valence-corrected chi connectivity index (χ2v) is 3.63. The van der Waals surface area contributed by atoms with Gasteiger partial charge in [0.15, 0.2) is 0 Å². The summed E-state index contributed by atoms with van der Waals surface area (Å²) < 4.78 is 0. The molecule has 0 amide bonds. The van der Waals surface area contributed by atoms with Gasteiger partial charge in [-0.15, -0.1) is 0 Å². The predicted octanol–water partition coefficient (Wildman–Crippen LogP) is 2.70. The van der Waals surface area contributed by atoms with E-state index in [1.165, 1.54) is 24.0 Å². The van der Waals surface area contributed by atoms with Crippen LogP contribution in [-0.4, -0.2) is 6.54 Å². The van der Waals surface area contributed by atoms with Crippen molar-refractivity contribution in [2.45, 2.75) is 32.6 Å². The molecule has 0 heterocycles. The lowest BCUT2D eigenvalue weighted by Gasteiger charge is -2.09. The van der Waals surface area contributed by atoms with Crippen molar-refractivity contribution in [2.75, 3.05) is 6.54 Å². The van der Waals surface area contributed by atoms with Crippen LogP contribution in [0.5, 0.6) is 0 Å². The molecule has 13 heavy (non-hydrogen) atoms. The number of rotatable bonds is 4. The van der Waals surface area contributed by atoms with Crippen molar-refractivity contribution in [3.63, 3.8) is 0 Å². The summed E-state index contributed by atoms with van der Waals surface area (Å²) >= 11 is 0. The van der Waals surface area contributed by atoms with Crippen molar-refractivity contribution in [3.8, 4) is 0 Å². The van der Waals surface area contributed by atoms with Gasteiger partial charge in [-0.2, -0.15) is 0 Å². The van der Waals surface area contributed by atoms with Gasteiger partial charge in [0.25, 0.3) is 0 Å². The van der Waals surface area contributed by atoms with E-state index in [0.29, 0.717) is 5.92 Å². The first-order valence-corrected chi connectivity index (χ1v) is 5.06. The average Bonchev–Trinajstić information content (AvgIpc) is 2.18. The second kappa shape index (κ2) is 5.03. The highest BCUT2D eigenvalue weighted by atomic mass is 14.5. The zero-order valence-electron chi connectivity index (χ0n) is 8.59. The quantitative estimate of drug-likeness (QED) is 0.752. The van der Waals surface area contributed by atoms with E-state index < -0.39 is 0 Å². The fourth-order valence-electron chi connectivity index (χ4n) is 1.44. The number of benzene rings is 1. The summed E-state index contributed by atoms with van der Waals surface area (Å²) in [5.74, 6) is 0.482. The Hall–Kier alpha value is -0.820. The monoisotopic (exact) mass is 177 g/mol. The molecule has 1 aromatic rings. The average molecular weight is 177 g/mol. The summed E-state index contributed by atoms with van der Waals surface area (Å²) in [5, 5.41) is 0. The normalized spacial score (nSPS) is 12.8. The molecule has 0 aliphatic heterocycles. The van der Waals surface area contributed by atoms with E-state index in [1.807, 2.05) is 0 Å². The minimum Gasteiger partial charge on any atom is -0.330 e. The topological polar surface area (TPSA) is 26.0 Å². The molecule has 1 nitrogen and oxygen atoms in total. The van der Waals surface area contributed by atoms with Crippen LogP contribution >= 0.6 is 0 Å². The van der Waals surface area contributed by atoms with Crippen molar-refractivity contribution in [1.82, 2.24) is 0 Å². The van der Waals surface area contributed by atoms with E-state index in [9.17, 15) is 0 Å². The van der Waals surface area contributed by atoms with Gasteiger partial charge in [-0.1, -0.05) is 44.5 Å². The van der Waals surface area contributed by atoms with Crippen LogP contribution in [0.4, 0.5) is 0 Å². The molecule has 2 N–H and O–H groups in total. The highest BCUT2D eigenvalue weighted by molar-refractivity contribution is 5.25. The van der Waals surface area contributed by atoms with Crippen LogP contribution in [0.1, 0.15) is 37.3 Å². The molecular formula is C12H19N. The molecule has 0 bridgehead atoms. The lowest BCUT2D eigenvalue weighted by atomic mass is 9.99. The van der Waals surface area contributed by atoms with Crippen LogP contribution in [0.15, 0.2) is 24.3 Å². The molecule has 0 aliphatic rings. The fraction of sp³-hybridized carbons (Fsp3) is 0.500. The van der Waals surface area contributed by atoms with Gasteiger partial charge in [-0.05, 0) is 30.0 Å². The van der Waals surface area contributed by atoms with Crippen LogP contribution in [0.25, 0.3) is 0 Å². The summed E-state index contributed by atoms with van der Waals surface area (Å²) in [5.41, 5.74) is 8.38. The Morgan fingerprint density at radius 2 is 1.85 bits per heavy atom. The zero-order chi connectivity index (χ0) is 9.68. The maximum absolute atomic E-state index is 5.60. The Balaban J connectivity index is 2.69. The fourth-order valence-corrected chi connectivity index (χ4v) is 1.44. The highest BCUT2D eigenvalue weighted by Crippen LogP contribution is 2.14. The first kappa shape index (κ1) is 10.3. The van der Waals surface area contributed by atoms with E-state index in [-0.39, 0.29) is 0 Å². The molecule has 72 valence electrons. The van der Waals surface area contributed by atoms with Gasteiger partial charge < -0.3 is 5.73 Å². The number of hydrogen-bond acceptors (Lipinski definition) is 1. The molecule has 0 saturated heterocycles. The Morgan fingerprint density at radius 1 is 1.23 bits per heavy atom. The Bertz CT molecular complexity index is 238. The van der Waals surface area contributed by atoms with Crippen molar-refractivity contribution in [2.24, 2.45) is 5.73 Å². The van der Waals surface area contributed by atoms with E-state index in [1.54, 1.807) is 0 Å². The molecule has 0 radical (unpaired) electrons. The highest BCUT2D eigenvalue weighted by Gasteiger charge is 2.01. The first-order valence-electron chi connectivity index (χ1n) is 5.06. The lowest BCUT2D eigenvalue weighted by Crippen LogP contribution is -2.08. The third kappa shape index (κ3) is 2.85. The SMILES string of the molecule is CCCc1ccc(C(C)CN)cc1. The molecule has 0 aliphatic carbocycles. The number of aryl methyl sites for hydroxylation is 1. The molecule has 1 unspecified atom stereocenters. The van der Waals surface area contributed by atoms with Crippen molar-refractivity contribution >= 4 is 0 Å². The number of nitrogens with two attached hydrogens (primary N) is 1. The molecule has 0 spiro atoms. The molecule has 0 fully saturated rings. The third-order valence-electron chi connectivity index (χ3n) is 2.44. The van der Waals surface area contributed by atoms with Crippen LogP contribution < -0.4 is 5.73 Å². The summed E-state index contributed by atoms with van der Waals surface area (Å²) in [6.45, 7) is 5.10. The lowest BCUT2D eigenvalue weighted by molar-refractivity contribution is 0.773. The molecule has 1 heteroatoms. The van der Waals surface area contributed by atoms with Crippen molar-refractivity contribution < 1.29 is 0 Å². The molecule has 1 atom stereocenters. The van der Waals surface area contributed by atoms with E-state index in [4.69, 9.17) is 5.73 Å². The van der Waals surface area contributed by atoms with Crippen molar-refractivity contribution in [3.05, 3.63) is 35.4 Å². The molecule has 0 saturated carbocycles. The van der Waals surface area contributed by atoms with Crippen LogP contribution in [0.2, 0.25) is 0 Å². The summed E-state index contributed by atoms with van der Waals surface area (Å²) in [6.07, 6.45) is 2.39. The maximum atomic E-state index is 5.60. The van der Waals surface area contributed by atoms with E-state index in [0.717, 1.165) is 6.54 Å². The molecule has 1 rings (SSSR count). The van der Waals surface area contributed by atoms with Crippen LogP contribution in [0, 0.1) is 0 Å². The molecule has 1 aromatic carbocycles. The predicted molar refractivity (Wildman–Crippen MR) is 57.9 cm³/mol. The van der Waals surface area contributed by atoms with E-state index >= 15 is 0 Å². The van der Waals surface area contributed by atoms with Crippen LogP contribution in [-0.2, 0) is 6.42 Å². The maximum Gasteiger partial charge on any atom is -0.00109 e. The van der Waals surface area contributed by atoms with Crippen LogP contribution in [0.3, 0.4) is 0 Å². The van der Waals surface area contributed by atoms with Gasteiger partial charge in [0.05, 0.1) is 0 Å². The van der Waals surface area contributed by atoms with Gasteiger partial charge in [-0.3, -0.25) is 0 Å². The smallest absolute Gasteiger partial charge is 0.00109 e. The van der Waals surface area contributed by atoms with Gasteiger partial charge in [0.1, 0.15) is 0 Å². The number of hydrogen-bond donors (Lipinski definition) is 1. The Kier molecular flexibility index (Phi) is 3.97. The molecule has 0 aromatic heterocycles. The van der Waals surface area contributed by atoms with Gasteiger partial charge in [0, 0.05) is 0 Å². The minimum atomic E-state index is 0.482. The van der Waals surface area contributed by atoms with Gasteiger partial charge in [-0.25, -0.2) is 0 Å².